The Balaban J connectivity index is 2.46. The van der Waals surface area contributed by atoms with Gasteiger partial charge in [-0.1, -0.05) is 18.2 Å². The third-order valence-electron chi connectivity index (χ3n) is 2.20. The predicted molar refractivity (Wildman–Crippen MR) is 58.9 cm³/mol. The number of rotatable bonds is 2. The summed E-state index contributed by atoms with van der Waals surface area (Å²) in [4.78, 5) is 13.1. The molecule has 76 valence electrons. The summed E-state index contributed by atoms with van der Waals surface area (Å²) >= 11 is 0. The van der Waals surface area contributed by atoms with Crippen LogP contribution in [0.1, 0.15) is 12.6 Å². The lowest BCUT2D eigenvalue weighted by molar-refractivity contribution is -0.422. The van der Waals surface area contributed by atoms with Gasteiger partial charge in [0.25, 0.3) is 0 Å². The molecule has 0 amide bonds. The molecule has 4 heteroatoms. The molecule has 0 aliphatic rings. The number of benzene rings is 1. The first-order valence-corrected chi connectivity index (χ1v) is 4.57. The standard InChI is InChI=1S/C11H10N2O2/c1-8(13(14)15)6-10-7-9-4-2-3-5-11(9)12-10/h2-7,12H,1H3. The van der Waals surface area contributed by atoms with Gasteiger partial charge in [-0.25, -0.2) is 0 Å². The van der Waals surface area contributed by atoms with Gasteiger partial charge < -0.3 is 4.98 Å². The van der Waals surface area contributed by atoms with E-state index in [2.05, 4.69) is 4.98 Å². The summed E-state index contributed by atoms with van der Waals surface area (Å²) in [5, 5.41) is 11.5. The number of aromatic nitrogens is 1. The van der Waals surface area contributed by atoms with Crippen molar-refractivity contribution in [2.45, 2.75) is 6.92 Å². The smallest absolute Gasteiger partial charge is 0.245 e. The van der Waals surface area contributed by atoms with E-state index < -0.39 is 4.92 Å². The number of nitrogens with one attached hydrogen (secondary N) is 1. The van der Waals surface area contributed by atoms with E-state index in [4.69, 9.17) is 0 Å². The van der Waals surface area contributed by atoms with Crippen LogP contribution in [0.3, 0.4) is 0 Å². The van der Waals surface area contributed by atoms with Crippen molar-refractivity contribution in [1.29, 1.82) is 0 Å². The van der Waals surface area contributed by atoms with Crippen molar-refractivity contribution in [2.24, 2.45) is 0 Å². The zero-order valence-corrected chi connectivity index (χ0v) is 8.23. The Bertz CT molecular complexity index is 507. The Morgan fingerprint density at radius 2 is 2.20 bits per heavy atom. The fourth-order valence-corrected chi connectivity index (χ4v) is 1.45. The summed E-state index contributed by atoms with van der Waals surface area (Å²) in [6.45, 7) is 1.48. The minimum absolute atomic E-state index is 0.126. The van der Waals surface area contributed by atoms with Crippen LogP contribution in [0.25, 0.3) is 17.0 Å². The summed E-state index contributed by atoms with van der Waals surface area (Å²) in [6, 6.07) is 9.65. The Morgan fingerprint density at radius 3 is 2.87 bits per heavy atom. The average molecular weight is 202 g/mol. The summed E-state index contributed by atoms with van der Waals surface area (Å²) in [5.74, 6) is 0. The second kappa shape index (κ2) is 3.57. The highest BCUT2D eigenvalue weighted by atomic mass is 16.6. The molecule has 1 aromatic carbocycles. The van der Waals surface area contributed by atoms with E-state index in [0.717, 1.165) is 16.6 Å². The highest BCUT2D eigenvalue weighted by molar-refractivity contribution is 5.82. The molecule has 2 aromatic rings. The summed E-state index contributed by atoms with van der Waals surface area (Å²) in [7, 11) is 0. The van der Waals surface area contributed by atoms with E-state index in [1.54, 1.807) is 0 Å². The Hall–Kier alpha value is -2.10. The number of H-pyrrole nitrogens is 1. The highest BCUT2D eigenvalue weighted by Crippen LogP contribution is 2.16. The molecule has 0 aliphatic carbocycles. The molecule has 0 saturated carbocycles. The van der Waals surface area contributed by atoms with Crippen LogP contribution in [0.4, 0.5) is 0 Å². The first kappa shape index (κ1) is 9.45. The van der Waals surface area contributed by atoms with Gasteiger partial charge in [0.15, 0.2) is 0 Å². The third-order valence-corrected chi connectivity index (χ3v) is 2.20. The van der Waals surface area contributed by atoms with Crippen LogP contribution in [-0.4, -0.2) is 9.91 Å². The van der Waals surface area contributed by atoms with Gasteiger partial charge in [0.2, 0.25) is 5.70 Å². The fraction of sp³-hybridized carbons (Fsp3) is 0.0909. The summed E-state index contributed by atoms with van der Waals surface area (Å²) in [6.07, 6.45) is 1.53. The number of hydrogen-bond donors (Lipinski definition) is 1. The molecule has 15 heavy (non-hydrogen) atoms. The van der Waals surface area contributed by atoms with Gasteiger partial charge in [0.05, 0.1) is 4.92 Å². The molecular weight excluding hydrogens is 192 g/mol. The van der Waals surface area contributed by atoms with E-state index in [9.17, 15) is 10.1 Å². The molecule has 1 aromatic heterocycles. The molecule has 0 unspecified atom stereocenters. The van der Waals surface area contributed by atoms with E-state index in [1.165, 1.54) is 13.0 Å². The van der Waals surface area contributed by atoms with Crippen LogP contribution in [-0.2, 0) is 0 Å². The van der Waals surface area contributed by atoms with Crippen LogP contribution < -0.4 is 0 Å². The lowest BCUT2D eigenvalue weighted by Gasteiger charge is -1.88. The number of nitrogens with zero attached hydrogens (tertiary/aromatic N) is 1. The van der Waals surface area contributed by atoms with Gasteiger partial charge in [-0.15, -0.1) is 0 Å². The maximum atomic E-state index is 10.4. The van der Waals surface area contributed by atoms with Gasteiger partial charge in [-0.3, -0.25) is 10.1 Å². The van der Waals surface area contributed by atoms with E-state index >= 15 is 0 Å². The number of allylic oxidation sites excluding steroid dienone is 1. The van der Waals surface area contributed by atoms with Gasteiger partial charge in [-0.05, 0) is 17.5 Å². The SMILES string of the molecule is CC(=Cc1cc2ccccc2[nH]1)[N+](=O)[O-]. The van der Waals surface area contributed by atoms with Gasteiger partial charge in [0, 0.05) is 24.2 Å². The maximum Gasteiger partial charge on any atom is 0.245 e. The molecule has 0 aliphatic heterocycles. The summed E-state index contributed by atoms with van der Waals surface area (Å²) < 4.78 is 0. The lowest BCUT2D eigenvalue weighted by Crippen LogP contribution is -1.92. The van der Waals surface area contributed by atoms with Crippen molar-refractivity contribution in [1.82, 2.24) is 4.98 Å². The minimum atomic E-state index is -0.397. The van der Waals surface area contributed by atoms with Crippen LogP contribution in [0.5, 0.6) is 0 Å². The fourth-order valence-electron chi connectivity index (χ4n) is 1.45. The Labute approximate surface area is 86.4 Å². The first-order valence-electron chi connectivity index (χ1n) is 4.57. The van der Waals surface area contributed by atoms with Crippen molar-refractivity contribution >= 4 is 17.0 Å². The van der Waals surface area contributed by atoms with Gasteiger partial charge >= 0.3 is 0 Å². The monoisotopic (exact) mass is 202 g/mol. The Morgan fingerprint density at radius 1 is 1.47 bits per heavy atom. The first-order chi connectivity index (χ1) is 7.16. The molecular formula is C11H10N2O2. The van der Waals surface area contributed by atoms with Crippen molar-refractivity contribution in [3.05, 3.63) is 51.8 Å². The van der Waals surface area contributed by atoms with Gasteiger partial charge in [-0.2, -0.15) is 0 Å². The average Bonchev–Trinajstić information content (AvgIpc) is 2.59. The Kier molecular flexibility index (Phi) is 2.25. The molecule has 1 heterocycles. The lowest BCUT2D eigenvalue weighted by atomic mass is 10.2. The minimum Gasteiger partial charge on any atom is -0.355 e. The van der Waals surface area contributed by atoms with Crippen LogP contribution in [0, 0.1) is 10.1 Å². The molecule has 1 N–H and O–H groups in total. The topological polar surface area (TPSA) is 58.9 Å². The molecule has 2 rings (SSSR count). The molecule has 0 fully saturated rings. The third kappa shape index (κ3) is 1.88. The molecule has 4 nitrogen and oxygen atoms in total. The number of fused-ring (bicyclic) bond motifs is 1. The van der Waals surface area contributed by atoms with Crippen molar-refractivity contribution < 1.29 is 4.92 Å². The van der Waals surface area contributed by atoms with Crippen molar-refractivity contribution in [3.63, 3.8) is 0 Å². The van der Waals surface area contributed by atoms with Crippen molar-refractivity contribution in [3.8, 4) is 0 Å². The van der Waals surface area contributed by atoms with Crippen molar-refractivity contribution in [2.75, 3.05) is 0 Å². The van der Waals surface area contributed by atoms with Crippen LogP contribution >= 0.6 is 0 Å². The summed E-state index contributed by atoms with van der Waals surface area (Å²) in [5.41, 5.74) is 1.87. The van der Waals surface area contributed by atoms with E-state index in [0.29, 0.717) is 0 Å². The molecule has 0 bridgehead atoms. The second-order valence-corrected chi connectivity index (χ2v) is 3.35. The van der Waals surface area contributed by atoms with Crippen LogP contribution in [0.15, 0.2) is 36.0 Å². The quantitative estimate of drug-likeness (QED) is 0.601. The predicted octanol–water partition coefficient (Wildman–Crippen LogP) is 2.81. The number of para-hydroxylation sites is 1. The van der Waals surface area contributed by atoms with E-state index in [-0.39, 0.29) is 5.70 Å². The maximum absolute atomic E-state index is 10.4. The van der Waals surface area contributed by atoms with Crippen LogP contribution in [0.2, 0.25) is 0 Å². The zero-order valence-electron chi connectivity index (χ0n) is 8.23. The highest BCUT2D eigenvalue weighted by Gasteiger charge is 2.03. The molecule has 0 radical (unpaired) electrons. The number of hydrogen-bond acceptors (Lipinski definition) is 2. The molecule has 0 spiro atoms. The number of aromatic amines is 1. The van der Waals surface area contributed by atoms with E-state index in [1.807, 2.05) is 30.3 Å². The largest absolute Gasteiger partial charge is 0.355 e. The normalized spacial score (nSPS) is 11.9. The second-order valence-electron chi connectivity index (χ2n) is 3.35. The molecule has 0 atom stereocenters. The molecule has 0 saturated heterocycles. The zero-order chi connectivity index (χ0) is 10.8. The van der Waals surface area contributed by atoms with Gasteiger partial charge in [0.1, 0.15) is 0 Å². The number of nitro groups is 1.